The zero-order chi connectivity index (χ0) is 13.3. The number of rotatable bonds is 3. The van der Waals surface area contributed by atoms with Gasteiger partial charge in [-0.15, -0.1) is 22.7 Å². The molecule has 2 amide bonds. The van der Waals surface area contributed by atoms with E-state index in [4.69, 9.17) is 5.73 Å². The van der Waals surface area contributed by atoms with Crippen LogP contribution in [0.25, 0.3) is 9.75 Å². The summed E-state index contributed by atoms with van der Waals surface area (Å²) in [7, 11) is 0. The van der Waals surface area contributed by atoms with Crippen LogP contribution >= 0.6 is 22.7 Å². The van der Waals surface area contributed by atoms with Crippen LogP contribution in [0.5, 0.6) is 0 Å². The van der Waals surface area contributed by atoms with Gasteiger partial charge in [-0.2, -0.15) is 0 Å². The summed E-state index contributed by atoms with van der Waals surface area (Å²) in [6.45, 7) is 3.41. The number of amides is 2. The maximum absolute atomic E-state index is 11.3. The molecule has 18 heavy (non-hydrogen) atoms. The molecule has 0 saturated heterocycles. The van der Waals surface area contributed by atoms with Crippen molar-refractivity contribution in [3.63, 3.8) is 0 Å². The summed E-state index contributed by atoms with van der Waals surface area (Å²) in [6, 6.07) is 3.77. The molecule has 2 heterocycles. The van der Waals surface area contributed by atoms with Gasteiger partial charge in [-0.1, -0.05) is 0 Å². The second-order valence-electron chi connectivity index (χ2n) is 3.89. The number of aryl methyl sites for hydroxylation is 1. The largest absolute Gasteiger partial charge is 0.366 e. The zero-order valence-corrected chi connectivity index (χ0v) is 11.6. The van der Waals surface area contributed by atoms with Gasteiger partial charge in [-0.3, -0.25) is 9.59 Å². The van der Waals surface area contributed by atoms with Crippen molar-refractivity contribution >= 4 is 39.5 Å². The first-order chi connectivity index (χ1) is 8.47. The Hall–Kier alpha value is -1.66. The molecule has 0 bridgehead atoms. The molecule has 0 spiro atoms. The van der Waals surface area contributed by atoms with Gasteiger partial charge in [0.25, 0.3) is 5.91 Å². The van der Waals surface area contributed by atoms with Crippen molar-refractivity contribution in [3.8, 4) is 9.75 Å². The minimum Gasteiger partial charge on any atom is -0.366 e. The molecular weight excluding hydrogens is 268 g/mol. The van der Waals surface area contributed by atoms with Gasteiger partial charge in [-0.25, -0.2) is 0 Å². The zero-order valence-electron chi connectivity index (χ0n) is 9.94. The minimum atomic E-state index is -0.533. The van der Waals surface area contributed by atoms with Crippen LogP contribution in [0.4, 0.5) is 5.00 Å². The van der Waals surface area contributed by atoms with Crippen LogP contribution in [0.3, 0.4) is 0 Å². The SMILES string of the molecule is CC(=O)Nc1sc(-c2cc(C)cs2)cc1C(N)=O. The van der Waals surface area contributed by atoms with Gasteiger partial charge in [0, 0.05) is 16.7 Å². The number of carbonyl (C=O) groups excluding carboxylic acids is 2. The lowest BCUT2D eigenvalue weighted by atomic mass is 10.2. The molecule has 3 N–H and O–H groups in total. The summed E-state index contributed by atoms with van der Waals surface area (Å²) in [4.78, 5) is 24.4. The fourth-order valence-corrected chi connectivity index (χ4v) is 3.61. The van der Waals surface area contributed by atoms with Crippen molar-refractivity contribution in [1.82, 2.24) is 0 Å². The summed E-state index contributed by atoms with van der Waals surface area (Å²) in [5.74, 6) is -0.747. The Morgan fingerprint density at radius 1 is 1.28 bits per heavy atom. The van der Waals surface area contributed by atoms with E-state index in [0.29, 0.717) is 10.6 Å². The number of thiophene rings is 2. The van der Waals surface area contributed by atoms with Crippen LogP contribution in [-0.2, 0) is 4.79 Å². The second-order valence-corrected chi connectivity index (χ2v) is 5.85. The predicted octanol–water partition coefficient (Wildman–Crippen LogP) is 2.84. The Morgan fingerprint density at radius 2 is 2.00 bits per heavy atom. The smallest absolute Gasteiger partial charge is 0.251 e. The molecule has 6 heteroatoms. The van der Waals surface area contributed by atoms with Gasteiger partial charge in [-0.05, 0) is 30.0 Å². The van der Waals surface area contributed by atoms with E-state index in [1.54, 1.807) is 17.4 Å². The summed E-state index contributed by atoms with van der Waals surface area (Å²) >= 11 is 2.96. The predicted molar refractivity (Wildman–Crippen MR) is 75.2 cm³/mol. The lowest BCUT2D eigenvalue weighted by Gasteiger charge is -1.99. The van der Waals surface area contributed by atoms with Gasteiger partial charge in [0.15, 0.2) is 0 Å². The number of anilines is 1. The fraction of sp³-hybridized carbons (Fsp3) is 0.167. The highest BCUT2D eigenvalue weighted by Gasteiger charge is 2.16. The molecule has 0 aliphatic rings. The highest BCUT2D eigenvalue weighted by molar-refractivity contribution is 7.24. The molecule has 2 aromatic rings. The van der Waals surface area contributed by atoms with E-state index in [1.807, 2.05) is 18.4 Å². The summed E-state index contributed by atoms with van der Waals surface area (Å²) in [6.07, 6.45) is 0. The summed E-state index contributed by atoms with van der Waals surface area (Å²) in [5, 5.41) is 5.18. The average molecular weight is 280 g/mol. The molecule has 0 saturated carbocycles. The van der Waals surface area contributed by atoms with Crippen molar-refractivity contribution in [1.29, 1.82) is 0 Å². The van der Waals surface area contributed by atoms with E-state index in [9.17, 15) is 9.59 Å². The lowest BCUT2D eigenvalue weighted by Crippen LogP contribution is -2.14. The van der Waals surface area contributed by atoms with E-state index >= 15 is 0 Å². The molecule has 0 atom stereocenters. The monoisotopic (exact) mass is 280 g/mol. The first-order valence-corrected chi connectivity index (χ1v) is 6.93. The molecule has 0 radical (unpaired) electrons. The third kappa shape index (κ3) is 2.60. The molecule has 0 unspecified atom stereocenters. The molecule has 0 aromatic carbocycles. The van der Waals surface area contributed by atoms with Crippen LogP contribution in [-0.4, -0.2) is 11.8 Å². The maximum Gasteiger partial charge on any atom is 0.251 e. The summed E-state index contributed by atoms with van der Waals surface area (Å²) in [5.41, 5.74) is 6.84. The molecule has 2 aromatic heterocycles. The number of hydrogen-bond acceptors (Lipinski definition) is 4. The van der Waals surface area contributed by atoms with Gasteiger partial charge < -0.3 is 11.1 Å². The van der Waals surface area contributed by atoms with Crippen LogP contribution in [0.2, 0.25) is 0 Å². The van der Waals surface area contributed by atoms with Gasteiger partial charge >= 0.3 is 0 Å². The highest BCUT2D eigenvalue weighted by atomic mass is 32.1. The molecule has 0 fully saturated rings. The number of nitrogens with one attached hydrogen (secondary N) is 1. The minimum absolute atomic E-state index is 0.215. The first-order valence-electron chi connectivity index (χ1n) is 5.24. The van der Waals surface area contributed by atoms with Gasteiger partial charge in [0.05, 0.1) is 5.56 Å². The number of hydrogen-bond donors (Lipinski definition) is 2. The molecule has 2 rings (SSSR count). The van der Waals surface area contributed by atoms with Gasteiger partial charge in [0.1, 0.15) is 5.00 Å². The Bertz CT molecular complexity index is 613. The standard InChI is InChI=1S/C12H12N2O2S2/c1-6-3-9(17-5-6)10-4-8(11(13)16)12(18-10)14-7(2)15/h3-5H,1-2H3,(H2,13,16)(H,14,15). The van der Waals surface area contributed by atoms with Crippen LogP contribution < -0.4 is 11.1 Å². The Balaban J connectivity index is 2.45. The normalized spacial score (nSPS) is 10.3. The van der Waals surface area contributed by atoms with E-state index in [1.165, 1.54) is 23.8 Å². The fourth-order valence-electron chi connectivity index (χ4n) is 1.51. The van der Waals surface area contributed by atoms with E-state index in [2.05, 4.69) is 5.32 Å². The Kier molecular flexibility index (Phi) is 3.49. The third-order valence-electron chi connectivity index (χ3n) is 2.26. The van der Waals surface area contributed by atoms with Crippen LogP contribution in [0.1, 0.15) is 22.8 Å². The van der Waals surface area contributed by atoms with E-state index < -0.39 is 5.91 Å². The third-order valence-corrected chi connectivity index (χ3v) is 4.55. The van der Waals surface area contributed by atoms with Crippen LogP contribution in [0, 0.1) is 6.92 Å². The Morgan fingerprint density at radius 3 is 2.50 bits per heavy atom. The maximum atomic E-state index is 11.3. The number of primary amides is 1. The molecule has 94 valence electrons. The van der Waals surface area contributed by atoms with E-state index in [0.717, 1.165) is 9.75 Å². The molecular formula is C12H12N2O2S2. The molecule has 4 nitrogen and oxygen atoms in total. The topological polar surface area (TPSA) is 72.2 Å². The van der Waals surface area contributed by atoms with Crippen molar-refractivity contribution < 1.29 is 9.59 Å². The molecule has 0 aliphatic heterocycles. The number of carbonyl (C=O) groups is 2. The lowest BCUT2D eigenvalue weighted by molar-refractivity contribution is -0.114. The number of nitrogens with two attached hydrogens (primary N) is 1. The van der Waals surface area contributed by atoms with E-state index in [-0.39, 0.29) is 5.91 Å². The Labute approximate surface area is 112 Å². The first kappa shape index (κ1) is 12.8. The quantitative estimate of drug-likeness (QED) is 0.907. The molecule has 0 aliphatic carbocycles. The van der Waals surface area contributed by atoms with Crippen molar-refractivity contribution in [2.45, 2.75) is 13.8 Å². The van der Waals surface area contributed by atoms with Crippen molar-refractivity contribution in [2.24, 2.45) is 5.73 Å². The van der Waals surface area contributed by atoms with Crippen LogP contribution in [0.15, 0.2) is 17.5 Å². The van der Waals surface area contributed by atoms with Gasteiger partial charge in [0.2, 0.25) is 5.91 Å². The highest BCUT2D eigenvalue weighted by Crippen LogP contribution is 2.38. The second kappa shape index (κ2) is 4.91. The van der Waals surface area contributed by atoms with Crippen molar-refractivity contribution in [2.75, 3.05) is 5.32 Å². The van der Waals surface area contributed by atoms with Crippen molar-refractivity contribution in [3.05, 3.63) is 28.6 Å². The average Bonchev–Trinajstić information content (AvgIpc) is 2.83. The summed E-state index contributed by atoms with van der Waals surface area (Å²) < 4.78 is 0.